The van der Waals surface area contributed by atoms with Crippen LogP contribution < -0.4 is 16.0 Å². The highest BCUT2D eigenvalue weighted by Crippen LogP contribution is 2.17. The topological polar surface area (TPSA) is 70.2 Å². The third-order valence-corrected chi connectivity index (χ3v) is 3.02. The number of anilines is 1. The number of rotatable bonds is 7. The van der Waals surface area contributed by atoms with Gasteiger partial charge in [0.25, 0.3) is 5.91 Å². The molecule has 0 fully saturated rings. The quantitative estimate of drug-likeness (QED) is 0.720. The van der Waals surface area contributed by atoms with Crippen LogP contribution in [0.15, 0.2) is 18.2 Å². The van der Waals surface area contributed by atoms with Crippen molar-refractivity contribution in [2.24, 2.45) is 0 Å². The average molecular weight is 291 g/mol. The molecule has 5 heteroatoms. The Labute approximate surface area is 126 Å². The van der Waals surface area contributed by atoms with Crippen LogP contribution in [0.2, 0.25) is 0 Å². The van der Waals surface area contributed by atoms with Crippen LogP contribution in [0.3, 0.4) is 0 Å². The fourth-order valence-corrected chi connectivity index (χ4v) is 1.85. The number of hydrogen-bond donors (Lipinski definition) is 3. The SMILES string of the molecule is CCNC(=O)c1ccc(C)c(NC(=O)CCNC(C)C)c1. The standard InChI is InChI=1S/C16H25N3O2/c1-5-17-16(21)13-7-6-12(4)14(10-13)19-15(20)8-9-18-11(2)3/h6-7,10-11,18H,5,8-9H2,1-4H3,(H,17,21)(H,19,20). The summed E-state index contributed by atoms with van der Waals surface area (Å²) in [5.41, 5.74) is 2.18. The van der Waals surface area contributed by atoms with E-state index < -0.39 is 0 Å². The fraction of sp³-hybridized carbons (Fsp3) is 0.500. The first-order valence-corrected chi connectivity index (χ1v) is 7.36. The Kier molecular flexibility index (Phi) is 6.88. The maximum absolute atomic E-state index is 11.9. The lowest BCUT2D eigenvalue weighted by Gasteiger charge is -2.12. The van der Waals surface area contributed by atoms with E-state index >= 15 is 0 Å². The number of amides is 2. The maximum atomic E-state index is 11.9. The van der Waals surface area contributed by atoms with E-state index in [2.05, 4.69) is 16.0 Å². The number of carbonyl (C=O) groups is 2. The summed E-state index contributed by atoms with van der Waals surface area (Å²) in [6.45, 7) is 9.07. The molecule has 0 spiro atoms. The zero-order chi connectivity index (χ0) is 15.8. The Bertz CT molecular complexity index is 498. The van der Waals surface area contributed by atoms with Gasteiger partial charge < -0.3 is 16.0 Å². The highest BCUT2D eigenvalue weighted by molar-refractivity contribution is 5.97. The zero-order valence-electron chi connectivity index (χ0n) is 13.2. The molecule has 2 amide bonds. The van der Waals surface area contributed by atoms with Gasteiger partial charge in [-0.15, -0.1) is 0 Å². The minimum absolute atomic E-state index is 0.0562. The summed E-state index contributed by atoms with van der Waals surface area (Å²) in [6.07, 6.45) is 0.406. The summed E-state index contributed by atoms with van der Waals surface area (Å²) in [4.78, 5) is 23.7. The van der Waals surface area contributed by atoms with Gasteiger partial charge in [0, 0.05) is 36.8 Å². The number of benzene rings is 1. The van der Waals surface area contributed by atoms with Crippen molar-refractivity contribution < 1.29 is 9.59 Å². The van der Waals surface area contributed by atoms with Crippen molar-refractivity contribution in [3.63, 3.8) is 0 Å². The second-order valence-electron chi connectivity index (χ2n) is 5.30. The second-order valence-corrected chi connectivity index (χ2v) is 5.30. The molecule has 21 heavy (non-hydrogen) atoms. The molecule has 3 N–H and O–H groups in total. The summed E-state index contributed by atoms with van der Waals surface area (Å²) in [7, 11) is 0. The summed E-state index contributed by atoms with van der Waals surface area (Å²) < 4.78 is 0. The van der Waals surface area contributed by atoms with Gasteiger partial charge in [0.2, 0.25) is 5.91 Å². The van der Waals surface area contributed by atoms with E-state index in [9.17, 15) is 9.59 Å². The molecule has 1 rings (SSSR count). The summed E-state index contributed by atoms with van der Waals surface area (Å²) in [6, 6.07) is 5.68. The van der Waals surface area contributed by atoms with E-state index in [0.717, 1.165) is 5.56 Å². The smallest absolute Gasteiger partial charge is 0.251 e. The van der Waals surface area contributed by atoms with Crippen molar-refractivity contribution in [3.05, 3.63) is 29.3 Å². The molecule has 0 atom stereocenters. The molecule has 0 saturated carbocycles. The average Bonchev–Trinajstić information content (AvgIpc) is 2.41. The lowest BCUT2D eigenvalue weighted by Crippen LogP contribution is -2.27. The number of nitrogens with one attached hydrogen (secondary N) is 3. The summed E-state index contributed by atoms with van der Waals surface area (Å²) >= 11 is 0. The molecule has 0 bridgehead atoms. The molecule has 1 aromatic rings. The van der Waals surface area contributed by atoms with Crippen LogP contribution in [-0.2, 0) is 4.79 Å². The minimum atomic E-state index is -0.130. The summed E-state index contributed by atoms with van der Waals surface area (Å²) in [5.74, 6) is -0.186. The van der Waals surface area contributed by atoms with Crippen molar-refractivity contribution in [3.8, 4) is 0 Å². The molecule has 0 aromatic heterocycles. The van der Waals surface area contributed by atoms with Crippen LogP contribution in [0, 0.1) is 6.92 Å². The molecule has 1 aromatic carbocycles. The molecule has 0 aliphatic carbocycles. The van der Waals surface area contributed by atoms with Gasteiger partial charge >= 0.3 is 0 Å². The van der Waals surface area contributed by atoms with Crippen LogP contribution in [0.25, 0.3) is 0 Å². The van der Waals surface area contributed by atoms with Gasteiger partial charge in [-0.05, 0) is 31.5 Å². The van der Waals surface area contributed by atoms with Crippen molar-refractivity contribution >= 4 is 17.5 Å². The third kappa shape index (κ3) is 5.95. The van der Waals surface area contributed by atoms with Crippen molar-refractivity contribution in [2.45, 2.75) is 40.2 Å². The lowest BCUT2D eigenvalue weighted by molar-refractivity contribution is -0.116. The van der Waals surface area contributed by atoms with E-state index in [-0.39, 0.29) is 11.8 Å². The van der Waals surface area contributed by atoms with Crippen LogP contribution in [0.5, 0.6) is 0 Å². The van der Waals surface area contributed by atoms with Gasteiger partial charge in [-0.2, -0.15) is 0 Å². The zero-order valence-corrected chi connectivity index (χ0v) is 13.2. The van der Waals surface area contributed by atoms with Crippen molar-refractivity contribution in [2.75, 3.05) is 18.4 Å². The van der Waals surface area contributed by atoms with E-state index in [1.807, 2.05) is 33.8 Å². The summed E-state index contributed by atoms with van der Waals surface area (Å²) in [5, 5.41) is 8.81. The highest BCUT2D eigenvalue weighted by atomic mass is 16.2. The van der Waals surface area contributed by atoms with Crippen molar-refractivity contribution in [1.29, 1.82) is 0 Å². The van der Waals surface area contributed by atoms with Gasteiger partial charge in [0.15, 0.2) is 0 Å². The predicted molar refractivity (Wildman–Crippen MR) is 85.6 cm³/mol. The van der Waals surface area contributed by atoms with Gasteiger partial charge in [0.05, 0.1) is 0 Å². The molecule has 116 valence electrons. The first-order valence-electron chi connectivity index (χ1n) is 7.36. The Morgan fingerprint density at radius 3 is 2.57 bits per heavy atom. The molecule has 0 unspecified atom stereocenters. The van der Waals surface area contributed by atoms with Gasteiger partial charge in [-0.3, -0.25) is 9.59 Å². The molecule has 0 aliphatic heterocycles. The second kappa shape index (κ2) is 8.42. The molecular weight excluding hydrogens is 266 g/mol. The highest BCUT2D eigenvalue weighted by Gasteiger charge is 2.09. The van der Waals surface area contributed by atoms with E-state index in [0.29, 0.717) is 36.8 Å². The van der Waals surface area contributed by atoms with Gasteiger partial charge in [-0.1, -0.05) is 19.9 Å². The number of hydrogen-bond acceptors (Lipinski definition) is 3. The minimum Gasteiger partial charge on any atom is -0.352 e. The number of carbonyl (C=O) groups excluding carboxylic acids is 2. The van der Waals surface area contributed by atoms with Crippen LogP contribution in [-0.4, -0.2) is 30.9 Å². The Hall–Kier alpha value is -1.88. The Balaban J connectivity index is 2.67. The van der Waals surface area contributed by atoms with Crippen LogP contribution in [0.1, 0.15) is 43.1 Å². The number of aryl methyl sites for hydroxylation is 1. The fourth-order valence-electron chi connectivity index (χ4n) is 1.85. The van der Waals surface area contributed by atoms with E-state index in [1.165, 1.54) is 0 Å². The van der Waals surface area contributed by atoms with E-state index in [1.54, 1.807) is 12.1 Å². The maximum Gasteiger partial charge on any atom is 0.251 e. The molecular formula is C16H25N3O2. The molecule has 0 aliphatic rings. The first kappa shape index (κ1) is 17.2. The molecule has 0 radical (unpaired) electrons. The Morgan fingerprint density at radius 2 is 1.95 bits per heavy atom. The lowest BCUT2D eigenvalue weighted by atomic mass is 10.1. The van der Waals surface area contributed by atoms with Gasteiger partial charge in [0.1, 0.15) is 0 Å². The van der Waals surface area contributed by atoms with Gasteiger partial charge in [-0.25, -0.2) is 0 Å². The van der Waals surface area contributed by atoms with Crippen LogP contribution in [0.4, 0.5) is 5.69 Å². The monoisotopic (exact) mass is 291 g/mol. The molecule has 5 nitrogen and oxygen atoms in total. The normalized spacial score (nSPS) is 10.5. The third-order valence-electron chi connectivity index (χ3n) is 3.02. The largest absolute Gasteiger partial charge is 0.352 e. The van der Waals surface area contributed by atoms with E-state index in [4.69, 9.17) is 0 Å². The first-order chi connectivity index (χ1) is 9.93. The van der Waals surface area contributed by atoms with Crippen LogP contribution >= 0.6 is 0 Å². The predicted octanol–water partition coefficient (Wildman–Crippen LogP) is 2.07. The molecule has 0 saturated heterocycles. The van der Waals surface area contributed by atoms with Crippen molar-refractivity contribution in [1.82, 2.24) is 10.6 Å². The Morgan fingerprint density at radius 1 is 1.24 bits per heavy atom. The molecule has 0 heterocycles.